The fourth-order valence-electron chi connectivity index (χ4n) is 3.78. The second kappa shape index (κ2) is 8.74. The Morgan fingerprint density at radius 2 is 1.78 bits per heavy atom. The molecule has 166 valence electrons. The van der Waals surface area contributed by atoms with Gasteiger partial charge in [-0.1, -0.05) is 25.1 Å². The van der Waals surface area contributed by atoms with E-state index >= 15 is 0 Å². The molecule has 2 heterocycles. The van der Waals surface area contributed by atoms with Gasteiger partial charge >= 0.3 is 0 Å². The Bertz CT molecular complexity index is 1290. The molecule has 2 aromatic heterocycles. The van der Waals surface area contributed by atoms with E-state index in [2.05, 4.69) is 17.3 Å². The maximum Gasteiger partial charge on any atom is 0.257 e. The molecule has 1 N–H and O–H groups in total. The molecule has 1 amide bonds. The number of amides is 1. The monoisotopic (exact) mass is 434 g/mol. The summed E-state index contributed by atoms with van der Waals surface area (Å²) in [5.41, 5.74) is 3.13. The predicted octanol–water partition coefficient (Wildman–Crippen LogP) is 4.58. The highest BCUT2D eigenvalue weighted by Gasteiger charge is 2.20. The van der Waals surface area contributed by atoms with Gasteiger partial charge in [-0.15, -0.1) is 0 Å². The second-order valence-corrected chi connectivity index (χ2v) is 7.45. The fraction of sp³-hybridized carbons (Fsp3) is 0.292. The van der Waals surface area contributed by atoms with E-state index in [1.54, 1.807) is 12.1 Å². The molecule has 32 heavy (non-hydrogen) atoms. The molecule has 4 rings (SSSR count). The van der Waals surface area contributed by atoms with Crippen molar-refractivity contribution < 1.29 is 19.0 Å². The van der Waals surface area contributed by atoms with Crippen molar-refractivity contribution in [3.05, 3.63) is 47.5 Å². The van der Waals surface area contributed by atoms with Gasteiger partial charge in [0.1, 0.15) is 0 Å². The van der Waals surface area contributed by atoms with Crippen LogP contribution in [0.3, 0.4) is 0 Å². The standard InChI is InChI=1S/C24H26N4O4/c1-6-10-28-23-17(11-15-9-7-8-14(2)20(15)25-23)22(27-28)26-24(29)16-12-18(30-3)21(32-5)19(13-16)31-4/h7-9,11-13H,6,10H2,1-5H3,(H,26,27,29). The summed E-state index contributed by atoms with van der Waals surface area (Å²) in [5, 5.41) is 9.37. The molecular weight excluding hydrogens is 408 g/mol. The normalized spacial score (nSPS) is 11.0. The van der Waals surface area contributed by atoms with Crippen LogP contribution in [0.25, 0.3) is 21.9 Å². The zero-order valence-electron chi connectivity index (χ0n) is 18.9. The van der Waals surface area contributed by atoms with Gasteiger partial charge in [0.2, 0.25) is 5.75 Å². The highest BCUT2D eigenvalue weighted by Crippen LogP contribution is 2.38. The van der Waals surface area contributed by atoms with E-state index in [1.807, 2.05) is 35.9 Å². The number of ether oxygens (including phenoxy) is 3. The van der Waals surface area contributed by atoms with Crippen molar-refractivity contribution in [3.63, 3.8) is 0 Å². The SMILES string of the molecule is CCCn1nc(NC(=O)c2cc(OC)c(OC)c(OC)c2)c2cc3cccc(C)c3nc21. The average molecular weight is 434 g/mol. The third-order valence-corrected chi connectivity index (χ3v) is 5.34. The number of fused-ring (bicyclic) bond motifs is 2. The lowest BCUT2D eigenvalue weighted by Crippen LogP contribution is -2.13. The Balaban J connectivity index is 1.79. The Morgan fingerprint density at radius 3 is 2.41 bits per heavy atom. The minimum Gasteiger partial charge on any atom is -0.493 e. The molecule has 2 aromatic carbocycles. The molecule has 0 unspecified atom stereocenters. The van der Waals surface area contributed by atoms with Gasteiger partial charge in [-0.3, -0.25) is 4.79 Å². The molecule has 8 heteroatoms. The van der Waals surface area contributed by atoms with Crippen LogP contribution in [-0.2, 0) is 6.54 Å². The van der Waals surface area contributed by atoms with Crippen LogP contribution in [-0.4, -0.2) is 42.0 Å². The minimum atomic E-state index is -0.336. The summed E-state index contributed by atoms with van der Waals surface area (Å²) in [5.74, 6) is 1.36. The zero-order valence-corrected chi connectivity index (χ0v) is 18.9. The maximum atomic E-state index is 13.1. The lowest BCUT2D eigenvalue weighted by molar-refractivity contribution is 0.102. The third kappa shape index (κ3) is 3.68. The molecule has 0 aliphatic rings. The lowest BCUT2D eigenvalue weighted by atomic mass is 10.1. The van der Waals surface area contributed by atoms with E-state index in [9.17, 15) is 4.79 Å². The van der Waals surface area contributed by atoms with Gasteiger partial charge in [-0.2, -0.15) is 5.10 Å². The van der Waals surface area contributed by atoms with Crippen LogP contribution in [0.5, 0.6) is 17.2 Å². The summed E-state index contributed by atoms with van der Waals surface area (Å²) in [7, 11) is 4.54. The fourth-order valence-corrected chi connectivity index (χ4v) is 3.78. The van der Waals surface area contributed by atoms with Crippen LogP contribution in [0.4, 0.5) is 5.82 Å². The number of hydrogen-bond donors (Lipinski definition) is 1. The first-order chi connectivity index (χ1) is 15.5. The number of nitrogens with one attached hydrogen (secondary N) is 1. The largest absolute Gasteiger partial charge is 0.493 e. The van der Waals surface area contributed by atoms with Gasteiger partial charge in [0, 0.05) is 17.5 Å². The van der Waals surface area contributed by atoms with Crippen molar-refractivity contribution >= 4 is 33.7 Å². The van der Waals surface area contributed by atoms with E-state index in [4.69, 9.17) is 19.2 Å². The van der Waals surface area contributed by atoms with Crippen LogP contribution in [0, 0.1) is 6.92 Å². The highest BCUT2D eigenvalue weighted by atomic mass is 16.5. The van der Waals surface area contributed by atoms with Crippen LogP contribution in [0.2, 0.25) is 0 Å². The van der Waals surface area contributed by atoms with Crippen LogP contribution in [0.15, 0.2) is 36.4 Å². The highest BCUT2D eigenvalue weighted by molar-refractivity contribution is 6.09. The predicted molar refractivity (Wildman–Crippen MR) is 124 cm³/mol. The van der Waals surface area contributed by atoms with E-state index in [-0.39, 0.29) is 5.91 Å². The molecule has 0 saturated carbocycles. The van der Waals surface area contributed by atoms with Crippen LogP contribution < -0.4 is 19.5 Å². The van der Waals surface area contributed by atoms with Crippen LogP contribution in [0.1, 0.15) is 29.3 Å². The first kappa shape index (κ1) is 21.4. The Labute approximate surface area is 186 Å². The minimum absolute atomic E-state index is 0.336. The summed E-state index contributed by atoms with van der Waals surface area (Å²) in [4.78, 5) is 18.0. The third-order valence-electron chi connectivity index (χ3n) is 5.34. The van der Waals surface area contributed by atoms with Crippen molar-refractivity contribution in [2.75, 3.05) is 26.6 Å². The molecule has 0 saturated heterocycles. The summed E-state index contributed by atoms with van der Waals surface area (Å²) in [6.07, 6.45) is 0.893. The smallest absolute Gasteiger partial charge is 0.257 e. The van der Waals surface area contributed by atoms with Gasteiger partial charge in [-0.25, -0.2) is 9.67 Å². The number of para-hydroxylation sites is 1. The molecule has 0 aliphatic carbocycles. The molecular formula is C24H26N4O4. The topological polar surface area (TPSA) is 87.5 Å². The number of benzene rings is 2. The average Bonchev–Trinajstić information content (AvgIpc) is 3.13. The molecule has 0 radical (unpaired) electrons. The molecule has 0 aliphatic heterocycles. The van der Waals surface area contributed by atoms with E-state index < -0.39 is 0 Å². The van der Waals surface area contributed by atoms with E-state index in [0.717, 1.165) is 33.9 Å². The molecule has 0 spiro atoms. The second-order valence-electron chi connectivity index (χ2n) is 7.45. The summed E-state index contributed by atoms with van der Waals surface area (Å²) >= 11 is 0. The van der Waals surface area contributed by atoms with Gasteiger partial charge in [-0.05, 0) is 37.1 Å². The van der Waals surface area contributed by atoms with Crippen molar-refractivity contribution in [1.82, 2.24) is 14.8 Å². The number of nitrogens with zero attached hydrogens (tertiary/aromatic N) is 3. The molecule has 0 fully saturated rings. The molecule has 4 aromatic rings. The number of hydrogen-bond acceptors (Lipinski definition) is 6. The number of aromatic nitrogens is 3. The summed E-state index contributed by atoms with van der Waals surface area (Å²) < 4.78 is 17.9. The van der Waals surface area contributed by atoms with Gasteiger partial charge in [0.05, 0.1) is 32.2 Å². The quantitative estimate of drug-likeness (QED) is 0.458. The lowest BCUT2D eigenvalue weighted by Gasteiger charge is -2.13. The summed E-state index contributed by atoms with van der Waals surface area (Å²) in [6, 6.07) is 11.3. The van der Waals surface area contributed by atoms with Crippen molar-refractivity contribution in [1.29, 1.82) is 0 Å². The number of methoxy groups -OCH3 is 3. The Hall–Kier alpha value is -3.81. The van der Waals surface area contributed by atoms with Crippen molar-refractivity contribution in [3.8, 4) is 17.2 Å². The van der Waals surface area contributed by atoms with E-state index in [1.165, 1.54) is 21.3 Å². The first-order valence-electron chi connectivity index (χ1n) is 10.4. The number of rotatable bonds is 7. The van der Waals surface area contributed by atoms with Gasteiger partial charge in [0.25, 0.3) is 5.91 Å². The van der Waals surface area contributed by atoms with Crippen LogP contribution >= 0.6 is 0 Å². The maximum absolute atomic E-state index is 13.1. The van der Waals surface area contributed by atoms with Crippen molar-refractivity contribution in [2.45, 2.75) is 26.8 Å². The summed E-state index contributed by atoms with van der Waals surface area (Å²) in [6.45, 7) is 4.81. The van der Waals surface area contributed by atoms with Gasteiger partial charge in [0.15, 0.2) is 23.0 Å². The Morgan fingerprint density at radius 1 is 1.06 bits per heavy atom. The number of pyridine rings is 1. The number of carbonyl (C=O) groups excluding carboxylic acids is 1. The number of anilines is 1. The van der Waals surface area contributed by atoms with Crippen molar-refractivity contribution in [2.24, 2.45) is 0 Å². The Kier molecular flexibility index (Phi) is 5.85. The van der Waals surface area contributed by atoms with Gasteiger partial charge < -0.3 is 19.5 Å². The molecule has 0 atom stereocenters. The number of aryl methyl sites for hydroxylation is 2. The zero-order chi connectivity index (χ0) is 22.8. The first-order valence-corrected chi connectivity index (χ1v) is 10.4. The molecule has 8 nitrogen and oxygen atoms in total. The molecule has 0 bridgehead atoms. The van der Waals surface area contributed by atoms with E-state index in [0.29, 0.717) is 35.2 Å². The number of carbonyl (C=O) groups is 1.